The van der Waals surface area contributed by atoms with E-state index in [2.05, 4.69) is 10.6 Å². The van der Waals surface area contributed by atoms with Crippen molar-refractivity contribution in [1.29, 1.82) is 0 Å². The van der Waals surface area contributed by atoms with E-state index in [1.165, 1.54) is 6.92 Å². The summed E-state index contributed by atoms with van der Waals surface area (Å²) in [6.07, 6.45) is 3.01. The Labute approximate surface area is 229 Å². The van der Waals surface area contributed by atoms with Crippen LogP contribution in [0.2, 0.25) is 6.32 Å². The average Bonchev–Trinajstić information content (AvgIpc) is 3.29. The number of nitrogens with zero attached hydrogens (tertiary/aromatic N) is 1. The Bertz CT molecular complexity index is 909. The van der Waals surface area contributed by atoms with E-state index >= 15 is 0 Å². The summed E-state index contributed by atoms with van der Waals surface area (Å²) in [5.74, 6) is -0.791. The molecule has 3 fully saturated rings. The van der Waals surface area contributed by atoms with Crippen LogP contribution in [0.1, 0.15) is 102 Å². The van der Waals surface area contributed by atoms with E-state index in [4.69, 9.17) is 14.0 Å². The number of fused-ring (bicyclic) bond motifs is 1. The van der Waals surface area contributed by atoms with Crippen LogP contribution in [0.15, 0.2) is 0 Å². The number of carbonyl (C=O) groups is 3. The van der Waals surface area contributed by atoms with Crippen molar-refractivity contribution in [2.24, 2.45) is 11.8 Å². The molecule has 3 rings (SSSR count). The molecular formula is C28H50BN3O6. The summed E-state index contributed by atoms with van der Waals surface area (Å²) in [5.41, 5.74) is -3.01. The third kappa shape index (κ3) is 6.32. The first-order valence-electron chi connectivity index (χ1n) is 14.2. The molecule has 2 N–H and O–H groups in total. The van der Waals surface area contributed by atoms with E-state index in [-0.39, 0.29) is 42.9 Å². The predicted octanol–water partition coefficient (Wildman–Crippen LogP) is 4.29. The molecule has 10 heteroatoms. The Kier molecular flexibility index (Phi) is 8.33. The number of rotatable bonds is 6. The highest BCUT2D eigenvalue weighted by Gasteiger charge is 2.64. The van der Waals surface area contributed by atoms with Crippen molar-refractivity contribution < 1.29 is 28.4 Å². The minimum atomic E-state index is -1.11. The molecule has 9 nitrogen and oxygen atoms in total. The lowest BCUT2D eigenvalue weighted by Crippen LogP contribution is -2.66. The molecule has 0 radical (unpaired) electrons. The molecule has 2 unspecified atom stereocenters. The Morgan fingerprint density at radius 2 is 1.61 bits per heavy atom. The van der Waals surface area contributed by atoms with Crippen LogP contribution in [0.3, 0.4) is 0 Å². The minimum Gasteiger partial charge on any atom is -0.444 e. The van der Waals surface area contributed by atoms with E-state index in [1.54, 1.807) is 4.90 Å². The Morgan fingerprint density at radius 1 is 1.03 bits per heavy atom. The molecule has 0 aromatic heterocycles. The van der Waals surface area contributed by atoms with Crippen molar-refractivity contribution >= 4 is 25.0 Å². The normalized spacial score (nSPS) is 30.2. The van der Waals surface area contributed by atoms with Gasteiger partial charge in [-0.15, -0.1) is 0 Å². The zero-order valence-corrected chi connectivity index (χ0v) is 25.4. The molecule has 216 valence electrons. The summed E-state index contributed by atoms with van der Waals surface area (Å²) in [4.78, 5) is 41.6. The third-order valence-corrected chi connectivity index (χ3v) is 8.47. The monoisotopic (exact) mass is 535 g/mol. The highest BCUT2D eigenvalue weighted by Crippen LogP contribution is 2.51. The van der Waals surface area contributed by atoms with Crippen LogP contribution < -0.4 is 10.6 Å². The third-order valence-electron chi connectivity index (χ3n) is 8.47. The lowest BCUT2D eigenvalue weighted by atomic mass is 9.73. The number of ether oxygens (including phenoxy) is 1. The number of hydrogen-bond donors (Lipinski definition) is 2. The van der Waals surface area contributed by atoms with E-state index in [0.717, 1.165) is 6.42 Å². The van der Waals surface area contributed by atoms with Gasteiger partial charge in [0, 0.05) is 31.0 Å². The second kappa shape index (κ2) is 10.3. The fourth-order valence-corrected chi connectivity index (χ4v) is 6.30. The zero-order valence-electron chi connectivity index (χ0n) is 25.4. The van der Waals surface area contributed by atoms with Crippen LogP contribution >= 0.6 is 0 Å². The number of likely N-dealkylation sites (tertiary alicyclic amines) is 1. The van der Waals surface area contributed by atoms with Gasteiger partial charge in [0.1, 0.15) is 11.1 Å². The molecule has 0 aromatic carbocycles. The maximum Gasteiger partial charge on any atom is 0.457 e. The molecule has 2 aliphatic heterocycles. The fourth-order valence-electron chi connectivity index (χ4n) is 6.30. The molecule has 4 atom stereocenters. The molecular weight excluding hydrogens is 485 g/mol. The smallest absolute Gasteiger partial charge is 0.444 e. The van der Waals surface area contributed by atoms with Crippen LogP contribution in [0.25, 0.3) is 0 Å². The van der Waals surface area contributed by atoms with Gasteiger partial charge in [0.15, 0.2) is 0 Å². The van der Waals surface area contributed by atoms with Gasteiger partial charge in [-0.05, 0) is 101 Å². The summed E-state index contributed by atoms with van der Waals surface area (Å²) in [6, 6.07) is -0.190. The summed E-state index contributed by atoms with van der Waals surface area (Å²) in [6.45, 7) is 21.5. The van der Waals surface area contributed by atoms with Gasteiger partial charge in [-0.1, -0.05) is 6.42 Å². The van der Waals surface area contributed by atoms with Crippen molar-refractivity contribution in [2.45, 2.75) is 142 Å². The van der Waals surface area contributed by atoms with Gasteiger partial charge in [0.2, 0.25) is 11.8 Å². The molecule has 1 aliphatic carbocycles. The van der Waals surface area contributed by atoms with Gasteiger partial charge >= 0.3 is 13.2 Å². The van der Waals surface area contributed by atoms with Crippen LogP contribution in [0.4, 0.5) is 4.79 Å². The quantitative estimate of drug-likeness (QED) is 0.492. The van der Waals surface area contributed by atoms with Crippen molar-refractivity contribution in [3.8, 4) is 0 Å². The lowest BCUT2D eigenvalue weighted by Gasteiger charge is -2.41. The largest absolute Gasteiger partial charge is 0.457 e. The number of carbonyl (C=O) groups excluding carboxylic acids is 3. The summed E-state index contributed by atoms with van der Waals surface area (Å²) < 4.78 is 18.1. The second-order valence-electron chi connectivity index (χ2n) is 14.4. The van der Waals surface area contributed by atoms with Gasteiger partial charge < -0.3 is 29.6 Å². The van der Waals surface area contributed by atoms with E-state index in [9.17, 15) is 14.4 Å². The highest BCUT2D eigenvalue weighted by atomic mass is 16.7. The molecule has 2 heterocycles. The average molecular weight is 536 g/mol. The van der Waals surface area contributed by atoms with E-state index < -0.39 is 27.9 Å². The van der Waals surface area contributed by atoms with Crippen molar-refractivity contribution in [2.75, 3.05) is 6.54 Å². The van der Waals surface area contributed by atoms with Gasteiger partial charge in [-0.25, -0.2) is 4.79 Å². The number of amides is 3. The first-order valence-corrected chi connectivity index (χ1v) is 14.2. The van der Waals surface area contributed by atoms with Gasteiger partial charge in [-0.3, -0.25) is 9.59 Å². The molecule has 1 saturated carbocycles. The van der Waals surface area contributed by atoms with E-state index in [1.807, 2.05) is 69.2 Å². The summed E-state index contributed by atoms with van der Waals surface area (Å²) >= 11 is 0. The van der Waals surface area contributed by atoms with Crippen molar-refractivity contribution in [1.82, 2.24) is 15.5 Å². The lowest BCUT2D eigenvalue weighted by molar-refractivity contribution is -0.138. The highest BCUT2D eigenvalue weighted by molar-refractivity contribution is 6.45. The Hall–Kier alpha value is -1.81. The number of nitrogens with one attached hydrogen (secondary N) is 2. The number of hydrogen-bond acceptors (Lipinski definition) is 6. The van der Waals surface area contributed by atoms with Crippen LogP contribution in [-0.4, -0.2) is 70.4 Å². The van der Waals surface area contributed by atoms with Crippen LogP contribution in [0, 0.1) is 11.8 Å². The summed E-state index contributed by atoms with van der Waals surface area (Å²) in [5, 5.41) is 6.27. The molecule has 0 aromatic rings. The minimum absolute atomic E-state index is 0.156. The first kappa shape index (κ1) is 30.7. The fraction of sp³-hybridized carbons (Fsp3) is 0.893. The standard InChI is InChI=1S/C28H50BN3O6/c1-18(33)30-28(22(34)31-24(2,3)4)19(13-12-15-29-37-26(8,9)27(10,11)38-29)17-21-20(28)14-16-32(21)23(35)36-25(5,6)7/h19-21H,12-17H2,1-11H3,(H,30,33)(H,31,34)/t19?,20-,21-,28?/m1/s1. The molecule has 0 spiro atoms. The van der Waals surface area contributed by atoms with Gasteiger partial charge in [-0.2, -0.15) is 0 Å². The molecule has 0 bridgehead atoms. The topological polar surface area (TPSA) is 106 Å². The maximum absolute atomic E-state index is 14.1. The Morgan fingerprint density at radius 3 is 2.11 bits per heavy atom. The van der Waals surface area contributed by atoms with E-state index in [0.29, 0.717) is 32.1 Å². The molecule has 3 aliphatic rings. The van der Waals surface area contributed by atoms with Gasteiger partial charge in [0.05, 0.1) is 11.2 Å². The molecule has 3 amide bonds. The second-order valence-corrected chi connectivity index (χ2v) is 14.4. The maximum atomic E-state index is 14.1. The first-order chi connectivity index (χ1) is 17.2. The van der Waals surface area contributed by atoms with Crippen molar-refractivity contribution in [3.63, 3.8) is 0 Å². The molecule has 38 heavy (non-hydrogen) atoms. The Balaban J connectivity index is 1.87. The van der Waals surface area contributed by atoms with Gasteiger partial charge in [0.25, 0.3) is 0 Å². The van der Waals surface area contributed by atoms with Crippen LogP contribution in [0.5, 0.6) is 0 Å². The molecule has 2 saturated heterocycles. The zero-order chi connectivity index (χ0) is 28.9. The predicted molar refractivity (Wildman–Crippen MR) is 148 cm³/mol. The van der Waals surface area contributed by atoms with Crippen LogP contribution in [-0.2, 0) is 23.6 Å². The SMILES string of the molecule is CC(=O)NC1(C(=O)NC(C)(C)C)C(CCCB2OC(C)(C)C(C)(C)O2)C[C@@H]2[C@H]1CCN2C(=O)OC(C)(C)C. The van der Waals surface area contributed by atoms with Crippen molar-refractivity contribution in [3.05, 3.63) is 0 Å². The summed E-state index contributed by atoms with van der Waals surface area (Å²) in [7, 11) is -0.322.